The van der Waals surface area contributed by atoms with E-state index in [2.05, 4.69) is 4.98 Å². The molecule has 2 rings (SSSR count). The van der Waals surface area contributed by atoms with Crippen molar-refractivity contribution in [2.45, 2.75) is 25.7 Å². The molecular weight excluding hydrogens is 289 g/mol. The number of fused-ring (bicyclic) bond motifs is 1. The van der Waals surface area contributed by atoms with Crippen molar-refractivity contribution in [2.75, 3.05) is 13.8 Å². The largest absolute Gasteiger partial charge is 0.496 e. The van der Waals surface area contributed by atoms with E-state index in [-0.39, 0.29) is 29.1 Å². The summed E-state index contributed by atoms with van der Waals surface area (Å²) in [5.74, 6) is -0.960. The predicted molar refractivity (Wildman–Crippen MR) is 81.6 cm³/mol. The third-order valence-corrected chi connectivity index (χ3v) is 3.58. The van der Waals surface area contributed by atoms with Crippen LogP contribution in [0.4, 0.5) is 4.39 Å². The highest BCUT2D eigenvalue weighted by atomic mass is 19.1. The number of ether oxygens (including phenoxy) is 1. The lowest BCUT2D eigenvalue weighted by molar-refractivity contribution is 0.0695. The lowest BCUT2D eigenvalue weighted by Crippen LogP contribution is -2.11. The van der Waals surface area contributed by atoms with Crippen molar-refractivity contribution in [2.24, 2.45) is 0 Å². The number of aryl methyl sites for hydroxylation is 1. The van der Waals surface area contributed by atoms with E-state index in [1.807, 2.05) is 0 Å². The van der Waals surface area contributed by atoms with Crippen molar-refractivity contribution < 1.29 is 19.0 Å². The number of aromatic nitrogens is 1. The molecule has 0 saturated carbocycles. The van der Waals surface area contributed by atoms with Crippen LogP contribution in [0.5, 0.6) is 5.75 Å². The van der Waals surface area contributed by atoms with Crippen molar-refractivity contribution >= 4 is 16.9 Å². The number of alkyl halides is 1. The number of H-pyrrole nitrogens is 1. The maximum atomic E-state index is 12.1. The number of nitrogens with one attached hydrogen (secondary N) is 1. The second kappa shape index (κ2) is 7.06. The SMILES string of the molecule is COc1ccc2c(CCCCCF)cc(=O)[nH]c2c1C(=O)O. The Labute approximate surface area is 126 Å². The Kier molecular flexibility index (Phi) is 5.14. The Bertz CT molecular complexity index is 739. The summed E-state index contributed by atoms with van der Waals surface area (Å²) in [5.41, 5.74) is 0.619. The number of hydrogen-bond acceptors (Lipinski definition) is 3. The van der Waals surface area contributed by atoms with E-state index in [1.54, 1.807) is 12.1 Å². The maximum absolute atomic E-state index is 12.1. The highest BCUT2D eigenvalue weighted by Gasteiger charge is 2.18. The van der Waals surface area contributed by atoms with Gasteiger partial charge < -0.3 is 14.8 Å². The molecule has 0 atom stereocenters. The van der Waals surface area contributed by atoms with Crippen LogP contribution in [-0.4, -0.2) is 29.8 Å². The Morgan fingerprint density at radius 2 is 2.09 bits per heavy atom. The summed E-state index contributed by atoms with van der Waals surface area (Å²) in [7, 11) is 1.38. The molecule has 22 heavy (non-hydrogen) atoms. The van der Waals surface area contributed by atoms with E-state index >= 15 is 0 Å². The first-order valence-electron chi connectivity index (χ1n) is 7.10. The fraction of sp³-hybridized carbons (Fsp3) is 0.375. The average molecular weight is 307 g/mol. The van der Waals surface area contributed by atoms with E-state index < -0.39 is 5.97 Å². The molecule has 0 radical (unpaired) electrons. The van der Waals surface area contributed by atoms with Gasteiger partial charge in [-0.3, -0.25) is 9.18 Å². The molecule has 0 spiro atoms. The van der Waals surface area contributed by atoms with Crippen LogP contribution < -0.4 is 10.3 Å². The molecule has 0 aliphatic carbocycles. The zero-order chi connectivity index (χ0) is 16.1. The number of halogens is 1. The Morgan fingerprint density at radius 1 is 1.32 bits per heavy atom. The smallest absolute Gasteiger partial charge is 0.341 e. The summed E-state index contributed by atoms with van der Waals surface area (Å²) in [5, 5.41) is 10.1. The maximum Gasteiger partial charge on any atom is 0.341 e. The Morgan fingerprint density at radius 3 is 2.73 bits per heavy atom. The van der Waals surface area contributed by atoms with Gasteiger partial charge in [0.25, 0.3) is 0 Å². The highest BCUT2D eigenvalue weighted by molar-refractivity contribution is 6.05. The monoisotopic (exact) mass is 307 g/mol. The molecule has 0 fully saturated rings. The average Bonchev–Trinajstić information content (AvgIpc) is 2.49. The topological polar surface area (TPSA) is 79.4 Å². The number of benzene rings is 1. The fourth-order valence-corrected chi connectivity index (χ4v) is 2.55. The van der Waals surface area contributed by atoms with Gasteiger partial charge in [0.05, 0.1) is 19.3 Å². The van der Waals surface area contributed by atoms with Gasteiger partial charge in [-0.25, -0.2) is 4.79 Å². The van der Waals surface area contributed by atoms with E-state index in [9.17, 15) is 19.1 Å². The van der Waals surface area contributed by atoms with Gasteiger partial charge in [-0.15, -0.1) is 0 Å². The predicted octanol–water partition coefficient (Wildman–Crippen LogP) is 2.92. The van der Waals surface area contributed by atoms with E-state index in [0.717, 1.165) is 18.4 Å². The Balaban J connectivity index is 2.53. The molecule has 0 aliphatic heterocycles. The summed E-state index contributed by atoms with van der Waals surface area (Å²) in [6, 6.07) is 4.78. The third-order valence-electron chi connectivity index (χ3n) is 3.58. The molecule has 1 heterocycles. The minimum atomic E-state index is -1.16. The second-order valence-electron chi connectivity index (χ2n) is 5.03. The van der Waals surface area contributed by atoms with Gasteiger partial charge in [0.2, 0.25) is 5.56 Å². The molecule has 0 bridgehead atoms. The number of methoxy groups -OCH3 is 1. The van der Waals surface area contributed by atoms with E-state index in [1.165, 1.54) is 13.2 Å². The first kappa shape index (κ1) is 16.0. The van der Waals surface area contributed by atoms with Crippen molar-refractivity contribution in [1.29, 1.82) is 0 Å². The van der Waals surface area contributed by atoms with Crippen molar-refractivity contribution in [1.82, 2.24) is 4.98 Å². The number of carboxylic acids is 1. The van der Waals surface area contributed by atoms with Crippen molar-refractivity contribution in [3.63, 3.8) is 0 Å². The number of carbonyl (C=O) groups is 1. The van der Waals surface area contributed by atoms with Crippen molar-refractivity contribution in [3.05, 3.63) is 39.7 Å². The van der Waals surface area contributed by atoms with Crippen LogP contribution in [0.25, 0.3) is 10.9 Å². The standard InChI is InChI=1S/C16H18FNO4/c1-22-12-7-6-11-10(5-3-2-4-8-17)9-13(19)18-15(11)14(12)16(20)21/h6-7,9H,2-5,8H2,1H3,(H,18,19)(H,20,21). The molecule has 5 nitrogen and oxygen atoms in total. The van der Waals surface area contributed by atoms with Crippen LogP contribution in [-0.2, 0) is 6.42 Å². The van der Waals surface area contributed by atoms with Gasteiger partial charge in [-0.1, -0.05) is 6.42 Å². The van der Waals surface area contributed by atoms with Gasteiger partial charge in [0.1, 0.15) is 11.3 Å². The molecule has 1 aromatic heterocycles. The molecule has 2 aromatic rings. The molecule has 0 aliphatic rings. The van der Waals surface area contributed by atoms with Gasteiger partial charge >= 0.3 is 5.97 Å². The molecule has 118 valence electrons. The molecule has 0 amide bonds. The first-order chi connectivity index (χ1) is 10.6. The number of unbranched alkanes of at least 4 members (excludes halogenated alkanes) is 2. The quantitative estimate of drug-likeness (QED) is 0.771. The minimum absolute atomic E-state index is 0.0530. The van der Waals surface area contributed by atoms with Gasteiger partial charge in [0, 0.05) is 11.5 Å². The number of hydrogen-bond donors (Lipinski definition) is 2. The number of aromatic carboxylic acids is 1. The first-order valence-corrected chi connectivity index (χ1v) is 7.10. The van der Waals surface area contributed by atoms with Gasteiger partial charge in [0.15, 0.2) is 0 Å². The van der Waals surface area contributed by atoms with Crippen LogP contribution in [0.1, 0.15) is 35.2 Å². The molecule has 1 aromatic carbocycles. The van der Waals surface area contributed by atoms with E-state index in [4.69, 9.17) is 4.74 Å². The normalized spacial score (nSPS) is 10.8. The summed E-state index contributed by atoms with van der Waals surface area (Å²) >= 11 is 0. The zero-order valence-electron chi connectivity index (χ0n) is 12.3. The molecule has 6 heteroatoms. The molecular formula is C16H18FNO4. The summed E-state index contributed by atoms with van der Waals surface area (Å²) in [6.07, 6.45) is 2.57. The summed E-state index contributed by atoms with van der Waals surface area (Å²) < 4.78 is 17.2. The number of rotatable bonds is 7. The van der Waals surface area contributed by atoms with Crippen LogP contribution in [0.15, 0.2) is 23.0 Å². The van der Waals surface area contributed by atoms with Gasteiger partial charge in [-0.2, -0.15) is 0 Å². The van der Waals surface area contributed by atoms with Crippen LogP contribution in [0.3, 0.4) is 0 Å². The molecule has 2 N–H and O–H groups in total. The van der Waals surface area contributed by atoms with Crippen molar-refractivity contribution in [3.8, 4) is 5.75 Å². The fourth-order valence-electron chi connectivity index (χ4n) is 2.55. The number of pyridine rings is 1. The number of carboxylic acid groups (broad SMARTS) is 1. The van der Waals surface area contributed by atoms with E-state index in [0.29, 0.717) is 18.2 Å². The lowest BCUT2D eigenvalue weighted by Gasteiger charge is -2.11. The lowest BCUT2D eigenvalue weighted by atomic mass is 10.00. The van der Waals surface area contributed by atoms with Crippen LogP contribution >= 0.6 is 0 Å². The zero-order valence-corrected chi connectivity index (χ0v) is 12.3. The third kappa shape index (κ3) is 3.27. The second-order valence-corrected chi connectivity index (χ2v) is 5.03. The van der Waals surface area contributed by atoms with Gasteiger partial charge in [-0.05, 0) is 37.0 Å². The van der Waals surface area contributed by atoms with Crippen LogP contribution in [0.2, 0.25) is 0 Å². The molecule has 0 saturated heterocycles. The molecule has 0 unspecified atom stereocenters. The number of aromatic amines is 1. The minimum Gasteiger partial charge on any atom is -0.496 e. The summed E-state index contributed by atoms with van der Waals surface area (Å²) in [4.78, 5) is 25.9. The van der Waals surface area contributed by atoms with Crippen LogP contribution in [0, 0.1) is 0 Å². The summed E-state index contributed by atoms with van der Waals surface area (Å²) in [6.45, 7) is -0.351. The Hall–Kier alpha value is -2.37. The highest BCUT2D eigenvalue weighted by Crippen LogP contribution is 2.28.